The molecule has 0 fully saturated rings. The van der Waals surface area contributed by atoms with Crippen molar-refractivity contribution in [1.29, 1.82) is 0 Å². The summed E-state index contributed by atoms with van der Waals surface area (Å²) in [4.78, 5) is 0. The van der Waals surface area contributed by atoms with E-state index in [1.165, 1.54) is 5.56 Å². The molecule has 0 spiro atoms. The lowest BCUT2D eigenvalue weighted by atomic mass is 10.1. The van der Waals surface area contributed by atoms with Crippen molar-refractivity contribution in [2.45, 2.75) is 13.0 Å². The van der Waals surface area contributed by atoms with Crippen LogP contribution >= 0.6 is 11.6 Å². The number of hydrogen-bond donors (Lipinski definition) is 1. The normalized spacial score (nSPS) is 12.1. The van der Waals surface area contributed by atoms with E-state index in [1.54, 1.807) is 0 Å². The zero-order valence-corrected chi connectivity index (χ0v) is 9.91. The van der Waals surface area contributed by atoms with Crippen LogP contribution in [0, 0.1) is 0 Å². The minimum Gasteiger partial charge on any atom is -0.377 e. The highest BCUT2D eigenvalue weighted by atomic mass is 35.5. The second kappa shape index (κ2) is 5.04. The molecule has 0 aliphatic carbocycles. The van der Waals surface area contributed by atoms with E-state index in [0.717, 1.165) is 10.7 Å². The summed E-state index contributed by atoms with van der Waals surface area (Å²) in [5.74, 6) is 0. The molecule has 1 N–H and O–H groups in total. The van der Waals surface area contributed by atoms with Gasteiger partial charge in [0, 0.05) is 6.04 Å². The van der Waals surface area contributed by atoms with Gasteiger partial charge in [-0.15, -0.1) is 0 Å². The average Bonchev–Trinajstić information content (AvgIpc) is 2.33. The minimum absolute atomic E-state index is 0.251. The maximum Gasteiger partial charge on any atom is 0.0637 e. The van der Waals surface area contributed by atoms with Gasteiger partial charge < -0.3 is 5.32 Å². The van der Waals surface area contributed by atoms with E-state index in [1.807, 2.05) is 42.5 Å². The largest absolute Gasteiger partial charge is 0.377 e. The van der Waals surface area contributed by atoms with Gasteiger partial charge in [0.2, 0.25) is 0 Å². The fourth-order valence-corrected chi connectivity index (χ4v) is 1.83. The molecule has 0 saturated heterocycles. The Balaban J connectivity index is 2.14. The number of benzene rings is 2. The fourth-order valence-electron chi connectivity index (χ4n) is 1.64. The van der Waals surface area contributed by atoms with E-state index < -0.39 is 0 Å². The zero-order chi connectivity index (χ0) is 11.4. The van der Waals surface area contributed by atoms with Gasteiger partial charge in [0.15, 0.2) is 0 Å². The first-order chi connectivity index (χ1) is 7.77. The third-order valence-electron chi connectivity index (χ3n) is 2.55. The molecule has 2 aromatic carbocycles. The van der Waals surface area contributed by atoms with Crippen LogP contribution in [0.25, 0.3) is 0 Å². The van der Waals surface area contributed by atoms with Crippen LogP contribution in [-0.2, 0) is 0 Å². The Hall–Kier alpha value is -1.47. The molecule has 82 valence electrons. The van der Waals surface area contributed by atoms with Gasteiger partial charge in [-0.3, -0.25) is 0 Å². The highest BCUT2D eigenvalue weighted by Crippen LogP contribution is 2.25. The van der Waals surface area contributed by atoms with Crippen LogP contribution < -0.4 is 5.32 Å². The Labute approximate surface area is 101 Å². The van der Waals surface area contributed by atoms with Gasteiger partial charge in [-0.2, -0.15) is 0 Å². The second-order valence-corrected chi connectivity index (χ2v) is 4.16. The highest BCUT2D eigenvalue weighted by molar-refractivity contribution is 6.33. The van der Waals surface area contributed by atoms with Crippen molar-refractivity contribution < 1.29 is 0 Å². The predicted octanol–water partition coefficient (Wildman–Crippen LogP) is 4.51. The van der Waals surface area contributed by atoms with Crippen LogP contribution in [0.3, 0.4) is 0 Å². The summed E-state index contributed by atoms with van der Waals surface area (Å²) in [6.07, 6.45) is 0. The Morgan fingerprint density at radius 3 is 2.25 bits per heavy atom. The lowest BCUT2D eigenvalue weighted by Gasteiger charge is -2.16. The Bertz CT molecular complexity index is 453. The van der Waals surface area contributed by atoms with Crippen molar-refractivity contribution in [2.24, 2.45) is 0 Å². The summed E-state index contributed by atoms with van der Waals surface area (Å²) in [5, 5.41) is 4.15. The van der Waals surface area contributed by atoms with Crippen LogP contribution in [0.1, 0.15) is 18.5 Å². The molecule has 0 bridgehead atoms. The van der Waals surface area contributed by atoms with Crippen LogP contribution in [0.4, 0.5) is 5.69 Å². The van der Waals surface area contributed by atoms with Gasteiger partial charge in [-0.05, 0) is 24.6 Å². The zero-order valence-electron chi connectivity index (χ0n) is 9.15. The molecule has 0 saturated carbocycles. The summed E-state index contributed by atoms with van der Waals surface area (Å²) in [5.41, 5.74) is 2.22. The molecule has 1 atom stereocenters. The smallest absolute Gasteiger partial charge is 0.0637 e. The van der Waals surface area contributed by atoms with Gasteiger partial charge in [0.1, 0.15) is 0 Å². The lowest BCUT2D eigenvalue weighted by molar-refractivity contribution is 0.885. The van der Waals surface area contributed by atoms with Gasteiger partial charge >= 0.3 is 0 Å². The Morgan fingerprint density at radius 2 is 1.56 bits per heavy atom. The standard InChI is InChI=1S/C14H14ClN/c1-11(12-7-3-2-4-8-12)16-14-10-6-5-9-13(14)15/h2-11,16H,1H3/t11-/m1/s1. The summed E-state index contributed by atoms with van der Waals surface area (Å²) in [6.45, 7) is 2.12. The summed E-state index contributed by atoms with van der Waals surface area (Å²) in [6, 6.07) is 18.4. The monoisotopic (exact) mass is 231 g/mol. The molecule has 1 nitrogen and oxygen atoms in total. The van der Waals surface area contributed by atoms with E-state index in [4.69, 9.17) is 11.6 Å². The number of rotatable bonds is 3. The first-order valence-corrected chi connectivity index (χ1v) is 5.71. The van der Waals surface area contributed by atoms with Crippen LogP contribution in [0.5, 0.6) is 0 Å². The lowest BCUT2D eigenvalue weighted by Crippen LogP contribution is -2.06. The first-order valence-electron chi connectivity index (χ1n) is 5.33. The quantitative estimate of drug-likeness (QED) is 0.820. The third-order valence-corrected chi connectivity index (χ3v) is 2.88. The molecule has 0 heterocycles. The predicted molar refractivity (Wildman–Crippen MR) is 69.9 cm³/mol. The molecule has 0 amide bonds. The van der Waals surface area contributed by atoms with Crippen molar-refractivity contribution >= 4 is 17.3 Å². The molecule has 0 aliphatic rings. The van der Waals surface area contributed by atoms with Gasteiger partial charge in [-0.1, -0.05) is 54.1 Å². The van der Waals surface area contributed by atoms with Crippen LogP contribution in [0.2, 0.25) is 5.02 Å². The maximum absolute atomic E-state index is 6.09. The van der Waals surface area contributed by atoms with Gasteiger partial charge in [-0.25, -0.2) is 0 Å². The summed E-state index contributed by atoms with van der Waals surface area (Å²) >= 11 is 6.09. The van der Waals surface area contributed by atoms with E-state index in [9.17, 15) is 0 Å². The van der Waals surface area contributed by atoms with Crippen molar-refractivity contribution in [3.8, 4) is 0 Å². The van der Waals surface area contributed by atoms with E-state index in [0.29, 0.717) is 0 Å². The number of para-hydroxylation sites is 1. The van der Waals surface area contributed by atoms with Crippen molar-refractivity contribution in [3.05, 3.63) is 65.2 Å². The van der Waals surface area contributed by atoms with Crippen LogP contribution in [0.15, 0.2) is 54.6 Å². The minimum atomic E-state index is 0.251. The van der Waals surface area contributed by atoms with Crippen molar-refractivity contribution in [3.63, 3.8) is 0 Å². The maximum atomic E-state index is 6.09. The Kier molecular flexibility index (Phi) is 3.47. The van der Waals surface area contributed by atoms with Gasteiger partial charge in [0.25, 0.3) is 0 Å². The van der Waals surface area contributed by atoms with E-state index in [-0.39, 0.29) is 6.04 Å². The van der Waals surface area contributed by atoms with Gasteiger partial charge in [0.05, 0.1) is 10.7 Å². The number of hydrogen-bond acceptors (Lipinski definition) is 1. The second-order valence-electron chi connectivity index (χ2n) is 3.76. The Morgan fingerprint density at radius 1 is 0.938 bits per heavy atom. The SMILES string of the molecule is C[C@@H](Nc1ccccc1Cl)c1ccccc1. The molecule has 0 aromatic heterocycles. The fraction of sp³-hybridized carbons (Fsp3) is 0.143. The van der Waals surface area contributed by atoms with E-state index >= 15 is 0 Å². The highest BCUT2D eigenvalue weighted by Gasteiger charge is 2.05. The molecular weight excluding hydrogens is 218 g/mol. The summed E-state index contributed by atoms with van der Waals surface area (Å²) in [7, 11) is 0. The number of nitrogens with one attached hydrogen (secondary N) is 1. The third kappa shape index (κ3) is 2.56. The first kappa shape index (κ1) is 11.0. The molecule has 2 rings (SSSR count). The molecule has 2 heteroatoms. The van der Waals surface area contributed by atoms with Crippen LogP contribution in [-0.4, -0.2) is 0 Å². The molecule has 16 heavy (non-hydrogen) atoms. The number of halogens is 1. The molecular formula is C14H14ClN. The van der Waals surface area contributed by atoms with Crippen molar-refractivity contribution in [1.82, 2.24) is 0 Å². The van der Waals surface area contributed by atoms with Crippen molar-refractivity contribution in [2.75, 3.05) is 5.32 Å². The molecule has 0 unspecified atom stereocenters. The molecule has 0 radical (unpaired) electrons. The number of anilines is 1. The molecule has 2 aromatic rings. The average molecular weight is 232 g/mol. The van der Waals surface area contributed by atoms with E-state index in [2.05, 4.69) is 24.4 Å². The topological polar surface area (TPSA) is 12.0 Å². The summed E-state index contributed by atoms with van der Waals surface area (Å²) < 4.78 is 0. The molecule has 0 aliphatic heterocycles.